The van der Waals surface area contributed by atoms with E-state index in [0.29, 0.717) is 13.1 Å². The molecule has 1 N–H and O–H groups in total. The molecule has 0 unspecified atom stereocenters. The van der Waals surface area contributed by atoms with Crippen molar-refractivity contribution in [1.29, 1.82) is 0 Å². The highest BCUT2D eigenvalue weighted by molar-refractivity contribution is 7.89. The van der Waals surface area contributed by atoms with Crippen LogP contribution in [0.3, 0.4) is 0 Å². The molecule has 0 atom stereocenters. The lowest BCUT2D eigenvalue weighted by Gasteiger charge is -2.34. The van der Waals surface area contributed by atoms with Crippen LogP contribution >= 0.6 is 0 Å². The van der Waals surface area contributed by atoms with Crippen LogP contribution in [-0.2, 0) is 21.4 Å². The van der Waals surface area contributed by atoms with E-state index in [4.69, 9.17) is 5.11 Å². The van der Waals surface area contributed by atoms with E-state index in [2.05, 4.69) is 5.10 Å². The van der Waals surface area contributed by atoms with E-state index in [1.165, 1.54) is 21.4 Å². The number of rotatable bonds is 6. The second-order valence-corrected chi connectivity index (χ2v) is 8.08. The summed E-state index contributed by atoms with van der Waals surface area (Å²) in [6.07, 6.45) is 2.78. The standard InChI is InChI=1S/C17H20N4O5S/c22-16(6-7-20-13-14(12-18-20)17(23)24)19-8-10-21(11-9-19)27(25,26)15-4-2-1-3-5-15/h1-5,12-13H,6-11H2,(H,23,24). The van der Waals surface area contributed by atoms with Gasteiger partial charge in [-0.15, -0.1) is 0 Å². The smallest absolute Gasteiger partial charge is 0.338 e. The number of aromatic carboxylic acids is 1. The Balaban J connectivity index is 1.52. The molecule has 1 fully saturated rings. The fourth-order valence-corrected chi connectivity index (χ4v) is 4.33. The van der Waals surface area contributed by atoms with Gasteiger partial charge in [-0.05, 0) is 12.1 Å². The van der Waals surface area contributed by atoms with Crippen molar-refractivity contribution in [3.8, 4) is 0 Å². The number of hydrogen-bond donors (Lipinski definition) is 1. The molecule has 10 heteroatoms. The second kappa shape index (κ2) is 7.89. The fourth-order valence-electron chi connectivity index (χ4n) is 2.88. The third kappa shape index (κ3) is 4.34. The Morgan fingerprint density at radius 1 is 1.07 bits per heavy atom. The maximum absolute atomic E-state index is 12.6. The first-order valence-electron chi connectivity index (χ1n) is 8.46. The van der Waals surface area contributed by atoms with Crippen molar-refractivity contribution < 1.29 is 23.1 Å². The quantitative estimate of drug-likeness (QED) is 0.766. The number of aromatic nitrogens is 2. The largest absolute Gasteiger partial charge is 0.478 e. The van der Waals surface area contributed by atoms with E-state index < -0.39 is 16.0 Å². The van der Waals surface area contributed by atoms with Crippen LogP contribution in [0.1, 0.15) is 16.8 Å². The summed E-state index contributed by atoms with van der Waals surface area (Å²) in [6, 6.07) is 8.23. The molecular formula is C17H20N4O5S. The predicted molar refractivity (Wildman–Crippen MR) is 95.6 cm³/mol. The van der Waals surface area contributed by atoms with Crippen molar-refractivity contribution >= 4 is 21.9 Å². The van der Waals surface area contributed by atoms with Crippen LogP contribution in [0, 0.1) is 0 Å². The number of amides is 1. The van der Waals surface area contributed by atoms with E-state index in [9.17, 15) is 18.0 Å². The summed E-state index contributed by atoms with van der Waals surface area (Å²) >= 11 is 0. The number of benzene rings is 1. The van der Waals surface area contributed by atoms with Crippen LogP contribution in [-0.4, -0.2) is 70.6 Å². The van der Waals surface area contributed by atoms with Crippen molar-refractivity contribution in [3.63, 3.8) is 0 Å². The minimum Gasteiger partial charge on any atom is -0.478 e. The number of carbonyl (C=O) groups is 2. The van der Waals surface area contributed by atoms with Crippen LogP contribution in [0.2, 0.25) is 0 Å². The monoisotopic (exact) mass is 392 g/mol. The molecule has 0 spiro atoms. The van der Waals surface area contributed by atoms with Gasteiger partial charge in [0.25, 0.3) is 0 Å². The SMILES string of the molecule is O=C(O)c1cnn(CCC(=O)N2CCN(S(=O)(=O)c3ccccc3)CC2)c1. The van der Waals surface area contributed by atoms with Gasteiger partial charge in [0.15, 0.2) is 0 Å². The van der Waals surface area contributed by atoms with Crippen molar-refractivity contribution in [3.05, 3.63) is 48.3 Å². The third-order valence-corrected chi connectivity index (χ3v) is 6.32. The van der Waals surface area contributed by atoms with Gasteiger partial charge in [-0.1, -0.05) is 18.2 Å². The Hall–Kier alpha value is -2.72. The molecule has 1 aliphatic rings. The van der Waals surface area contributed by atoms with Crippen LogP contribution in [0.4, 0.5) is 0 Å². The zero-order valence-electron chi connectivity index (χ0n) is 14.6. The van der Waals surface area contributed by atoms with Gasteiger partial charge < -0.3 is 10.0 Å². The number of piperazine rings is 1. The second-order valence-electron chi connectivity index (χ2n) is 6.15. The Morgan fingerprint density at radius 2 is 1.74 bits per heavy atom. The van der Waals surface area contributed by atoms with Crippen LogP contribution in [0.15, 0.2) is 47.6 Å². The van der Waals surface area contributed by atoms with Gasteiger partial charge in [0, 0.05) is 45.3 Å². The highest BCUT2D eigenvalue weighted by Gasteiger charge is 2.29. The average Bonchev–Trinajstić information content (AvgIpc) is 3.16. The molecule has 1 amide bonds. The Kier molecular flexibility index (Phi) is 5.57. The van der Waals surface area contributed by atoms with E-state index in [0.717, 1.165) is 0 Å². The topological polar surface area (TPSA) is 113 Å². The number of carboxylic acid groups (broad SMARTS) is 1. The Morgan fingerprint density at radius 3 is 2.33 bits per heavy atom. The molecule has 2 heterocycles. The predicted octanol–water partition coefficient (Wildman–Crippen LogP) is 0.505. The molecule has 0 saturated carbocycles. The summed E-state index contributed by atoms with van der Waals surface area (Å²) in [6.45, 7) is 1.41. The maximum Gasteiger partial charge on any atom is 0.338 e. The number of hydrogen-bond acceptors (Lipinski definition) is 5. The Bertz CT molecular complexity index is 918. The first kappa shape index (κ1) is 19.1. The van der Waals surface area contributed by atoms with Gasteiger partial charge in [-0.2, -0.15) is 9.40 Å². The van der Waals surface area contributed by atoms with E-state index in [1.54, 1.807) is 35.2 Å². The molecule has 3 rings (SSSR count). The molecule has 0 bridgehead atoms. The Labute approximate surface area is 156 Å². The summed E-state index contributed by atoms with van der Waals surface area (Å²) < 4.78 is 28.0. The molecule has 27 heavy (non-hydrogen) atoms. The summed E-state index contributed by atoms with van der Waals surface area (Å²) in [5, 5.41) is 12.8. The number of carboxylic acids is 1. The van der Waals surface area contributed by atoms with Gasteiger partial charge in [0.2, 0.25) is 15.9 Å². The molecule has 0 radical (unpaired) electrons. The van der Waals surface area contributed by atoms with E-state index in [1.807, 2.05) is 0 Å². The summed E-state index contributed by atoms with van der Waals surface area (Å²) in [5.41, 5.74) is 0.0715. The minimum atomic E-state index is -3.55. The van der Waals surface area contributed by atoms with Crippen molar-refractivity contribution in [2.45, 2.75) is 17.9 Å². The van der Waals surface area contributed by atoms with Gasteiger partial charge in [-0.25, -0.2) is 13.2 Å². The number of sulfonamides is 1. The molecule has 1 aliphatic heterocycles. The molecule has 1 saturated heterocycles. The summed E-state index contributed by atoms with van der Waals surface area (Å²) in [5.74, 6) is -1.18. The normalized spacial score (nSPS) is 15.6. The first-order valence-corrected chi connectivity index (χ1v) is 9.90. The average molecular weight is 392 g/mol. The molecule has 2 aromatic rings. The number of nitrogens with zero attached hydrogens (tertiary/aromatic N) is 4. The minimum absolute atomic E-state index is 0.0715. The van der Waals surface area contributed by atoms with Gasteiger partial charge in [0.05, 0.1) is 16.7 Å². The van der Waals surface area contributed by atoms with Gasteiger partial charge >= 0.3 is 5.97 Å². The lowest BCUT2D eigenvalue weighted by Crippen LogP contribution is -2.50. The molecule has 144 valence electrons. The molecule has 1 aromatic heterocycles. The van der Waals surface area contributed by atoms with E-state index in [-0.39, 0.29) is 42.4 Å². The highest BCUT2D eigenvalue weighted by atomic mass is 32.2. The van der Waals surface area contributed by atoms with Crippen LogP contribution in [0.25, 0.3) is 0 Å². The van der Waals surface area contributed by atoms with Crippen molar-refractivity contribution in [1.82, 2.24) is 19.0 Å². The zero-order valence-corrected chi connectivity index (χ0v) is 15.4. The highest BCUT2D eigenvalue weighted by Crippen LogP contribution is 2.17. The summed E-state index contributed by atoms with van der Waals surface area (Å²) in [4.78, 5) is 25.0. The van der Waals surface area contributed by atoms with Gasteiger partial charge in [-0.3, -0.25) is 9.48 Å². The van der Waals surface area contributed by atoms with Crippen LogP contribution < -0.4 is 0 Å². The first-order chi connectivity index (χ1) is 12.9. The maximum atomic E-state index is 12.6. The van der Waals surface area contributed by atoms with Crippen LogP contribution in [0.5, 0.6) is 0 Å². The van der Waals surface area contributed by atoms with E-state index >= 15 is 0 Å². The van der Waals surface area contributed by atoms with Crippen molar-refractivity contribution in [2.75, 3.05) is 26.2 Å². The lowest BCUT2D eigenvalue weighted by atomic mass is 10.3. The zero-order chi connectivity index (χ0) is 19.4. The number of carbonyl (C=O) groups excluding carboxylic acids is 1. The van der Waals surface area contributed by atoms with Gasteiger partial charge in [0.1, 0.15) is 0 Å². The molecular weight excluding hydrogens is 372 g/mol. The molecule has 9 nitrogen and oxygen atoms in total. The summed E-state index contributed by atoms with van der Waals surface area (Å²) in [7, 11) is -3.55. The lowest BCUT2D eigenvalue weighted by molar-refractivity contribution is -0.132. The van der Waals surface area contributed by atoms with Crippen molar-refractivity contribution in [2.24, 2.45) is 0 Å². The third-order valence-electron chi connectivity index (χ3n) is 4.41. The molecule has 1 aromatic carbocycles. The molecule has 0 aliphatic carbocycles. The fraction of sp³-hybridized carbons (Fsp3) is 0.353. The number of aryl methyl sites for hydroxylation is 1.